The van der Waals surface area contributed by atoms with Gasteiger partial charge in [-0.15, -0.1) is 11.6 Å². The van der Waals surface area contributed by atoms with Gasteiger partial charge in [0.25, 0.3) is 0 Å². The van der Waals surface area contributed by atoms with Crippen LogP contribution in [-0.2, 0) is 11.8 Å². The minimum Gasteiger partial charge on any atom is -0.481 e. The molecule has 1 aromatic heterocycles. The van der Waals surface area contributed by atoms with Crippen LogP contribution in [0.1, 0.15) is 16.6 Å². The molecule has 1 N–H and O–H groups in total. The van der Waals surface area contributed by atoms with Gasteiger partial charge < -0.3 is 10.1 Å². The molecule has 15 heavy (non-hydrogen) atoms. The maximum atomic E-state index is 11.4. The van der Waals surface area contributed by atoms with E-state index < -0.39 is 5.38 Å². The van der Waals surface area contributed by atoms with Gasteiger partial charge in [-0.1, -0.05) is 0 Å². The van der Waals surface area contributed by atoms with E-state index in [0.717, 1.165) is 0 Å². The summed E-state index contributed by atoms with van der Waals surface area (Å²) in [5.41, 5.74) is 1.30. The van der Waals surface area contributed by atoms with Gasteiger partial charge in [0.1, 0.15) is 5.38 Å². The Bertz CT molecular complexity index is 376. The highest BCUT2D eigenvalue weighted by Crippen LogP contribution is 2.32. The molecule has 6 heteroatoms. The third-order valence-corrected chi connectivity index (χ3v) is 2.55. The summed E-state index contributed by atoms with van der Waals surface area (Å²) < 4.78 is 6.71. The van der Waals surface area contributed by atoms with Crippen molar-refractivity contribution in [3.63, 3.8) is 0 Å². The summed E-state index contributed by atoms with van der Waals surface area (Å²) in [7, 11) is 4.80. The molecule has 0 saturated heterocycles. The van der Waals surface area contributed by atoms with E-state index in [1.165, 1.54) is 14.2 Å². The lowest BCUT2D eigenvalue weighted by Crippen LogP contribution is -2.23. The molecule has 1 rings (SSSR count). The topological polar surface area (TPSA) is 56.2 Å². The lowest BCUT2D eigenvalue weighted by molar-refractivity contribution is -0.120. The Morgan fingerprint density at radius 2 is 2.27 bits per heavy atom. The molecular weight excluding hydrogens is 218 g/mol. The summed E-state index contributed by atoms with van der Waals surface area (Å²) in [4.78, 5) is 11.4. The van der Waals surface area contributed by atoms with Gasteiger partial charge in [-0.25, -0.2) is 4.68 Å². The normalized spacial score (nSPS) is 12.3. The van der Waals surface area contributed by atoms with Crippen LogP contribution in [0.4, 0.5) is 0 Å². The maximum absolute atomic E-state index is 11.4. The van der Waals surface area contributed by atoms with E-state index >= 15 is 0 Å². The van der Waals surface area contributed by atoms with Crippen LogP contribution in [0.2, 0.25) is 0 Å². The molecule has 1 heterocycles. The quantitative estimate of drug-likeness (QED) is 0.782. The highest BCUT2D eigenvalue weighted by Gasteiger charge is 2.26. The fourth-order valence-corrected chi connectivity index (χ4v) is 1.81. The summed E-state index contributed by atoms with van der Waals surface area (Å²) in [5.74, 6) is 0.238. The number of hydrogen-bond donors (Lipinski definition) is 1. The van der Waals surface area contributed by atoms with Crippen molar-refractivity contribution in [3.05, 3.63) is 11.3 Å². The zero-order valence-electron chi connectivity index (χ0n) is 9.17. The third-order valence-electron chi connectivity index (χ3n) is 2.14. The van der Waals surface area contributed by atoms with Crippen LogP contribution in [0.15, 0.2) is 0 Å². The molecule has 0 aromatic carbocycles. The van der Waals surface area contributed by atoms with Crippen LogP contribution in [-0.4, -0.2) is 29.8 Å². The van der Waals surface area contributed by atoms with Crippen molar-refractivity contribution in [1.29, 1.82) is 0 Å². The van der Waals surface area contributed by atoms with Gasteiger partial charge in [-0.2, -0.15) is 5.10 Å². The minimum absolute atomic E-state index is 0.272. The van der Waals surface area contributed by atoms with Crippen LogP contribution >= 0.6 is 11.6 Å². The van der Waals surface area contributed by atoms with Crippen molar-refractivity contribution >= 4 is 17.5 Å². The first kappa shape index (κ1) is 11.8. The van der Waals surface area contributed by atoms with Crippen molar-refractivity contribution in [2.24, 2.45) is 7.05 Å². The number of carbonyl (C=O) groups is 1. The molecule has 0 aliphatic heterocycles. The van der Waals surface area contributed by atoms with Gasteiger partial charge in [-0.3, -0.25) is 4.79 Å². The standard InChI is InChI=1S/C9H14ClN3O2/c1-5-6(7(10)8(14)11-2)9(15-4)13(3)12-5/h7H,1-4H3,(H,11,14). The van der Waals surface area contributed by atoms with Crippen LogP contribution in [0, 0.1) is 6.92 Å². The number of nitrogens with zero attached hydrogens (tertiary/aromatic N) is 2. The Kier molecular flexibility index (Phi) is 3.57. The second kappa shape index (κ2) is 4.53. The molecule has 5 nitrogen and oxygen atoms in total. The lowest BCUT2D eigenvalue weighted by Gasteiger charge is -2.09. The van der Waals surface area contributed by atoms with Crippen LogP contribution in [0.3, 0.4) is 0 Å². The number of amides is 1. The number of rotatable bonds is 3. The van der Waals surface area contributed by atoms with Crippen molar-refractivity contribution in [3.8, 4) is 5.88 Å². The number of nitrogens with one attached hydrogen (secondary N) is 1. The Hall–Kier alpha value is -1.23. The second-order valence-corrected chi connectivity index (χ2v) is 3.55. The minimum atomic E-state index is -0.779. The summed E-state index contributed by atoms with van der Waals surface area (Å²) in [5, 5.41) is 5.86. The summed E-state index contributed by atoms with van der Waals surface area (Å²) in [6.45, 7) is 1.79. The number of ether oxygens (including phenoxy) is 1. The predicted octanol–water partition coefficient (Wildman–Crippen LogP) is 0.763. The monoisotopic (exact) mass is 231 g/mol. The first-order valence-corrected chi connectivity index (χ1v) is 4.89. The van der Waals surface area contributed by atoms with Crippen molar-refractivity contribution in [2.75, 3.05) is 14.2 Å². The van der Waals surface area contributed by atoms with Gasteiger partial charge >= 0.3 is 0 Å². The number of aromatic nitrogens is 2. The molecule has 0 aliphatic rings. The summed E-state index contributed by atoms with van der Waals surface area (Å²) in [6.07, 6.45) is 0. The molecule has 0 saturated carbocycles. The molecule has 0 spiro atoms. The van der Waals surface area contributed by atoms with Crippen molar-refractivity contribution in [1.82, 2.24) is 15.1 Å². The molecule has 1 atom stereocenters. The zero-order chi connectivity index (χ0) is 11.6. The number of likely N-dealkylation sites (N-methyl/N-ethyl adjacent to an activating group) is 1. The number of aryl methyl sites for hydroxylation is 2. The van der Waals surface area contributed by atoms with E-state index in [4.69, 9.17) is 16.3 Å². The van der Waals surface area contributed by atoms with Crippen LogP contribution in [0.25, 0.3) is 0 Å². The number of hydrogen-bond acceptors (Lipinski definition) is 3. The Labute approximate surface area is 93.4 Å². The average Bonchev–Trinajstić information content (AvgIpc) is 2.50. The largest absolute Gasteiger partial charge is 0.481 e. The molecular formula is C9H14ClN3O2. The molecule has 84 valence electrons. The van der Waals surface area contributed by atoms with E-state index in [-0.39, 0.29) is 5.91 Å². The first-order valence-electron chi connectivity index (χ1n) is 4.46. The van der Waals surface area contributed by atoms with Gasteiger partial charge in [-0.05, 0) is 6.92 Å². The predicted molar refractivity (Wildman–Crippen MR) is 57.2 cm³/mol. The van der Waals surface area contributed by atoms with Crippen molar-refractivity contribution < 1.29 is 9.53 Å². The average molecular weight is 232 g/mol. The Morgan fingerprint density at radius 1 is 1.67 bits per heavy atom. The molecule has 1 unspecified atom stereocenters. The second-order valence-electron chi connectivity index (χ2n) is 3.11. The summed E-state index contributed by atoms with van der Waals surface area (Å²) >= 11 is 6.01. The fraction of sp³-hybridized carbons (Fsp3) is 0.556. The number of halogens is 1. The van der Waals surface area contributed by atoms with Gasteiger partial charge in [0, 0.05) is 14.1 Å². The van der Waals surface area contributed by atoms with Crippen molar-refractivity contribution in [2.45, 2.75) is 12.3 Å². The fourth-order valence-electron chi connectivity index (χ4n) is 1.45. The lowest BCUT2D eigenvalue weighted by atomic mass is 10.1. The third kappa shape index (κ3) is 2.07. The number of carbonyl (C=O) groups excluding carboxylic acids is 1. The van der Waals surface area contributed by atoms with E-state index in [9.17, 15) is 4.79 Å². The highest BCUT2D eigenvalue weighted by atomic mass is 35.5. The Balaban J connectivity index is 3.17. The summed E-state index contributed by atoms with van der Waals surface area (Å²) in [6, 6.07) is 0. The first-order chi connectivity index (χ1) is 7.02. The van der Waals surface area contributed by atoms with E-state index in [0.29, 0.717) is 17.1 Å². The van der Waals surface area contributed by atoms with Gasteiger partial charge in [0.05, 0.1) is 18.4 Å². The number of methoxy groups -OCH3 is 1. The number of alkyl halides is 1. The molecule has 0 bridgehead atoms. The van der Waals surface area contributed by atoms with E-state index in [2.05, 4.69) is 10.4 Å². The van der Waals surface area contributed by atoms with Gasteiger partial charge in [0.15, 0.2) is 0 Å². The van der Waals surface area contributed by atoms with Crippen LogP contribution < -0.4 is 10.1 Å². The maximum Gasteiger partial charge on any atom is 0.242 e. The Morgan fingerprint density at radius 3 is 2.73 bits per heavy atom. The molecule has 0 aliphatic carbocycles. The SMILES string of the molecule is CNC(=O)C(Cl)c1c(C)nn(C)c1OC. The highest BCUT2D eigenvalue weighted by molar-refractivity contribution is 6.31. The molecule has 1 amide bonds. The smallest absolute Gasteiger partial charge is 0.242 e. The molecule has 0 fully saturated rings. The van der Waals surface area contributed by atoms with E-state index in [1.807, 2.05) is 0 Å². The zero-order valence-corrected chi connectivity index (χ0v) is 9.92. The molecule has 0 radical (unpaired) electrons. The van der Waals surface area contributed by atoms with Crippen LogP contribution in [0.5, 0.6) is 5.88 Å². The van der Waals surface area contributed by atoms with E-state index in [1.54, 1.807) is 18.7 Å². The van der Waals surface area contributed by atoms with Gasteiger partial charge in [0.2, 0.25) is 11.8 Å². The molecule has 1 aromatic rings.